The standard InChI is InChI=1S/C9H20N2OS/c1-4-8(7-10)9(12)11(2)5-6-13-3/h8H,4-7,10H2,1-3H3. The molecule has 78 valence electrons. The largest absolute Gasteiger partial charge is 0.345 e. The zero-order valence-corrected chi connectivity index (χ0v) is 9.56. The predicted molar refractivity (Wildman–Crippen MR) is 58.9 cm³/mol. The van der Waals surface area contributed by atoms with E-state index in [1.165, 1.54) is 0 Å². The monoisotopic (exact) mass is 204 g/mol. The molecule has 1 unspecified atom stereocenters. The maximum atomic E-state index is 11.6. The zero-order chi connectivity index (χ0) is 10.3. The fourth-order valence-corrected chi connectivity index (χ4v) is 1.55. The lowest BCUT2D eigenvalue weighted by molar-refractivity contribution is -0.133. The van der Waals surface area contributed by atoms with Gasteiger partial charge in [0.1, 0.15) is 0 Å². The summed E-state index contributed by atoms with van der Waals surface area (Å²) in [6.07, 6.45) is 2.87. The maximum Gasteiger partial charge on any atom is 0.226 e. The minimum atomic E-state index is 0.00635. The second-order valence-corrected chi connectivity index (χ2v) is 4.08. The van der Waals surface area contributed by atoms with Crippen molar-refractivity contribution in [2.24, 2.45) is 11.7 Å². The van der Waals surface area contributed by atoms with Crippen molar-refractivity contribution in [2.45, 2.75) is 13.3 Å². The summed E-state index contributed by atoms with van der Waals surface area (Å²) in [4.78, 5) is 13.4. The van der Waals surface area contributed by atoms with E-state index in [1.54, 1.807) is 16.7 Å². The Bertz CT molecular complexity index is 149. The van der Waals surface area contributed by atoms with Crippen LogP contribution in [0.15, 0.2) is 0 Å². The summed E-state index contributed by atoms with van der Waals surface area (Å²) in [6, 6.07) is 0. The average molecular weight is 204 g/mol. The van der Waals surface area contributed by atoms with E-state index in [0.29, 0.717) is 6.54 Å². The van der Waals surface area contributed by atoms with Crippen LogP contribution in [-0.4, -0.2) is 43.0 Å². The Labute approximate surface area is 85.0 Å². The fraction of sp³-hybridized carbons (Fsp3) is 0.889. The molecule has 0 fully saturated rings. The number of hydrogen-bond acceptors (Lipinski definition) is 3. The molecule has 0 heterocycles. The van der Waals surface area contributed by atoms with Crippen molar-refractivity contribution in [1.29, 1.82) is 0 Å². The smallest absolute Gasteiger partial charge is 0.226 e. The van der Waals surface area contributed by atoms with Gasteiger partial charge in [-0.3, -0.25) is 4.79 Å². The molecule has 1 amide bonds. The predicted octanol–water partition coefficient (Wildman–Crippen LogP) is 0.793. The van der Waals surface area contributed by atoms with Crippen molar-refractivity contribution in [1.82, 2.24) is 4.90 Å². The maximum absolute atomic E-state index is 11.6. The van der Waals surface area contributed by atoms with E-state index in [0.717, 1.165) is 18.7 Å². The van der Waals surface area contributed by atoms with Gasteiger partial charge in [0, 0.05) is 25.9 Å². The van der Waals surface area contributed by atoms with Gasteiger partial charge in [-0.15, -0.1) is 0 Å². The molecular formula is C9H20N2OS. The lowest BCUT2D eigenvalue weighted by atomic mass is 10.1. The van der Waals surface area contributed by atoms with E-state index in [1.807, 2.05) is 20.2 Å². The van der Waals surface area contributed by atoms with E-state index >= 15 is 0 Å². The molecule has 13 heavy (non-hydrogen) atoms. The molecule has 0 aliphatic carbocycles. The van der Waals surface area contributed by atoms with Gasteiger partial charge in [-0.1, -0.05) is 6.92 Å². The molecule has 0 aromatic rings. The van der Waals surface area contributed by atoms with Gasteiger partial charge in [0.25, 0.3) is 0 Å². The lowest BCUT2D eigenvalue weighted by Crippen LogP contribution is -2.37. The van der Waals surface area contributed by atoms with Crippen molar-refractivity contribution in [3.05, 3.63) is 0 Å². The molecule has 0 aliphatic rings. The average Bonchev–Trinajstić information content (AvgIpc) is 2.15. The molecular weight excluding hydrogens is 184 g/mol. The van der Waals surface area contributed by atoms with Crippen molar-refractivity contribution in [3.8, 4) is 0 Å². The summed E-state index contributed by atoms with van der Waals surface area (Å²) < 4.78 is 0. The van der Waals surface area contributed by atoms with E-state index in [4.69, 9.17) is 5.73 Å². The molecule has 0 rings (SSSR count). The summed E-state index contributed by atoms with van der Waals surface area (Å²) >= 11 is 1.75. The number of amides is 1. The third-order valence-corrected chi connectivity index (χ3v) is 2.72. The summed E-state index contributed by atoms with van der Waals surface area (Å²) in [5.74, 6) is 1.18. The van der Waals surface area contributed by atoms with Gasteiger partial charge >= 0.3 is 0 Å². The zero-order valence-electron chi connectivity index (χ0n) is 8.75. The highest BCUT2D eigenvalue weighted by molar-refractivity contribution is 7.98. The first-order valence-corrected chi connectivity index (χ1v) is 6.00. The van der Waals surface area contributed by atoms with Gasteiger partial charge < -0.3 is 10.6 Å². The van der Waals surface area contributed by atoms with Crippen LogP contribution in [0.4, 0.5) is 0 Å². The first-order chi connectivity index (χ1) is 6.17. The lowest BCUT2D eigenvalue weighted by Gasteiger charge is -2.21. The van der Waals surface area contributed by atoms with Crippen LogP contribution in [0.25, 0.3) is 0 Å². The van der Waals surface area contributed by atoms with Crippen LogP contribution in [-0.2, 0) is 4.79 Å². The molecule has 0 saturated heterocycles. The molecule has 0 saturated carbocycles. The van der Waals surface area contributed by atoms with Gasteiger partial charge in [0.15, 0.2) is 0 Å². The number of rotatable bonds is 6. The topological polar surface area (TPSA) is 46.3 Å². The van der Waals surface area contributed by atoms with Gasteiger partial charge in [-0.25, -0.2) is 0 Å². The Morgan fingerprint density at radius 1 is 1.62 bits per heavy atom. The Kier molecular flexibility index (Phi) is 7.09. The highest BCUT2D eigenvalue weighted by Crippen LogP contribution is 2.05. The molecule has 0 aromatic heterocycles. The Morgan fingerprint density at radius 3 is 2.62 bits per heavy atom. The van der Waals surface area contributed by atoms with E-state index in [9.17, 15) is 4.79 Å². The van der Waals surface area contributed by atoms with Crippen LogP contribution in [0, 0.1) is 5.92 Å². The first kappa shape index (κ1) is 12.8. The minimum absolute atomic E-state index is 0.00635. The normalized spacial score (nSPS) is 12.6. The number of thioether (sulfide) groups is 1. The van der Waals surface area contributed by atoms with Crippen LogP contribution in [0.1, 0.15) is 13.3 Å². The van der Waals surface area contributed by atoms with E-state index in [2.05, 4.69) is 0 Å². The van der Waals surface area contributed by atoms with E-state index < -0.39 is 0 Å². The fourth-order valence-electron chi connectivity index (χ4n) is 1.09. The number of nitrogens with two attached hydrogens (primary N) is 1. The highest BCUT2D eigenvalue weighted by atomic mass is 32.2. The molecule has 1 atom stereocenters. The Balaban J connectivity index is 3.92. The molecule has 0 aliphatic heterocycles. The van der Waals surface area contributed by atoms with Gasteiger partial charge in [0.2, 0.25) is 5.91 Å². The van der Waals surface area contributed by atoms with Crippen LogP contribution < -0.4 is 5.73 Å². The summed E-state index contributed by atoms with van der Waals surface area (Å²) in [5.41, 5.74) is 5.50. The molecule has 0 bridgehead atoms. The quantitative estimate of drug-likeness (QED) is 0.696. The molecule has 3 nitrogen and oxygen atoms in total. The van der Waals surface area contributed by atoms with Gasteiger partial charge in [-0.05, 0) is 12.7 Å². The second kappa shape index (κ2) is 7.21. The number of nitrogens with zero attached hydrogens (tertiary/aromatic N) is 1. The Morgan fingerprint density at radius 2 is 2.23 bits per heavy atom. The SMILES string of the molecule is CCC(CN)C(=O)N(C)CCSC. The molecule has 4 heteroatoms. The van der Waals surface area contributed by atoms with Crippen molar-refractivity contribution >= 4 is 17.7 Å². The molecule has 0 radical (unpaired) electrons. The third-order valence-electron chi connectivity index (χ3n) is 2.13. The first-order valence-electron chi connectivity index (χ1n) is 4.61. The molecule has 0 aromatic carbocycles. The van der Waals surface area contributed by atoms with Gasteiger partial charge in [0.05, 0.1) is 5.92 Å². The third kappa shape index (κ3) is 4.52. The second-order valence-electron chi connectivity index (χ2n) is 3.09. The van der Waals surface area contributed by atoms with Gasteiger partial charge in [-0.2, -0.15) is 11.8 Å². The van der Waals surface area contributed by atoms with Crippen molar-refractivity contribution < 1.29 is 4.79 Å². The highest BCUT2D eigenvalue weighted by Gasteiger charge is 2.17. The minimum Gasteiger partial charge on any atom is -0.345 e. The number of carbonyl (C=O) groups excluding carboxylic acids is 1. The Hall–Kier alpha value is -0.220. The van der Waals surface area contributed by atoms with Crippen LogP contribution in [0.2, 0.25) is 0 Å². The number of hydrogen-bond donors (Lipinski definition) is 1. The van der Waals surface area contributed by atoms with E-state index in [-0.39, 0.29) is 11.8 Å². The van der Waals surface area contributed by atoms with Crippen molar-refractivity contribution in [2.75, 3.05) is 32.1 Å². The summed E-state index contributed by atoms with van der Waals surface area (Å²) in [5, 5.41) is 0. The summed E-state index contributed by atoms with van der Waals surface area (Å²) in [6.45, 7) is 3.27. The van der Waals surface area contributed by atoms with Crippen LogP contribution in [0.5, 0.6) is 0 Å². The van der Waals surface area contributed by atoms with Crippen molar-refractivity contribution in [3.63, 3.8) is 0 Å². The summed E-state index contributed by atoms with van der Waals surface area (Å²) in [7, 11) is 1.84. The molecule has 2 N–H and O–H groups in total. The molecule has 0 spiro atoms. The van der Waals surface area contributed by atoms with Crippen LogP contribution >= 0.6 is 11.8 Å². The number of carbonyl (C=O) groups is 1. The van der Waals surface area contributed by atoms with Crippen LogP contribution in [0.3, 0.4) is 0 Å².